The number of allylic oxidation sites excluding steroid dienone is 1. The maximum absolute atomic E-state index is 14.3. The highest BCUT2D eigenvalue weighted by molar-refractivity contribution is 6.78. The molecule has 1 heterocycles. The van der Waals surface area contributed by atoms with Crippen LogP contribution in [-0.2, 0) is 13.6 Å². The fourth-order valence-corrected chi connectivity index (χ4v) is 20.4. The van der Waals surface area contributed by atoms with Gasteiger partial charge in [0.05, 0.1) is 18.8 Å². The monoisotopic (exact) mass is 710 g/mol. The van der Waals surface area contributed by atoms with E-state index in [0.29, 0.717) is 39.9 Å². The molecule has 5 nitrogen and oxygen atoms in total. The first-order valence-corrected chi connectivity index (χ1v) is 24.5. The number of amides is 1. The Balaban J connectivity index is 3.53. The molecule has 1 aliphatic heterocycles. The summed E-state index contributed by atoms with van der Waals surface area (Å²) >= 11 is 0. The summed E-state index contributed by atoms with van der Waals surface area (Å²) in [5.41, 5.74) is 2.24. The van der Waals surface area contributed by atoms with Crippen LogP contribution in [0.3, 0.4) is 0 Å². The van der Waals surface area contributed by atoms with Gasteiger partial charge >= 0.3 is 6.09 Å². The molecule has 0 spiro atoms. The van der Waals surface area contributed by atoms with Crippen LogP contribution in [0, 0.1) is 0 Å². The second kappa shape index (κ2) is 21.0. The molecular formula is C41H83NO4Si2. The predicted molar refractivity (Wildman–Crippen MR) is 214 cm³/mol. The summed E-state index contributed by atoms with van der Waals surface area (Å²) in [4.78, 5) is 16.4. The molecule has 1 saturated heterocycles. The zero-order valence-electron chi connectivity index (χ0n) is 34.9. The van der Waals surface area contributed by atoms with Crippen molar-refractivity contribution in [2.45, 2.75) is 238 Å². The molecule has 7 heteroatoms. The highest BCUT2D eigenvalue weighted by Crippen LogP contribution is 2.46. The van der Waals surface area contributed by atoms with Gasteiger partial charge in [0.1, 0.15) is 5.60 Å². The van der Waals surface area contributed by atoms with Gasteiger partial charge in [-0.1, -0.05) is 141 Å². The Labute approximate surface area is 302 Å². The van der Waals surface area contributed by atoms with Crippen LogP contribution in [-0.4, -0.2) is 58.0 Å². The number of nitrogens with zero attached hydrogens (tertiary/aromatic N) is 1. The van der Waals surface area contributed by atoms with Gasteiger partial charge in [-0.15, -0.1) is 0 Å². The Kier molecular flexibility index (Phi) is 19.9. The summed E-state index contributed by atoms with van der Waals surface area (Å²) in [5, 5.41) is 0. The second-order valence-corrected chi connectivity index (χ2v) is 28.8. The minimum atomic E-state index is -2.22. The van der Waals surface area contributed by atoms with Crippen LogP contribution in [0.1, 0.15) is 181 Å². The van der Waals surface area contributed by atoms with Gasteiger partial charge in [0.2, 0.25) is 8.32 Å². The maximum Gasteiger partial charge on any atom is 0.410 e. The molecule has 1 fully saturated rings. The second-order valence-electron chi connectivity index (χ2n) is 17.9. The van der Waals surface area contributed by atoms with Crippen LogP contribution >= 0.6 is 0 Å². The molecule has 1 amide bonds. The van der Waals surface area contributed by atoms with E-state index in [0.717, 1.165) is 25.7 Å². The van der Waals surface area contributed by atoms with Crippen molar-refractivity contribution in [2.75, 3.05) is 6.61 Å². The number of carbonyl (C=O) groups excluding carboxylic acids is 1. The minimum Gasteiger partial charge on any atom is -0.444 e. The number of piperidine rings is 1. The molecule has 0 radical (unpaired) electrons. The summed E-state index contributed by atoms with van der Waals surface area (Å²) in [6.07, 6.45) is 17.5. The molecule has 284 valence electrons. The zero-order chi connectivity index (χ0) is 36.9. The van der Waals surface area contributed by atoms with E-state index < -0.39 is 22.2 Å². The molecule has 0 bridgehead atoms. The number of likely N-dealkylation sites (tertiary alicyclic amines) is 1. The van der Waals surface area contributed by atoms with Crippen LogP contribution in [0.2, 0.25) is 33.2 Å². The lowest BCUT2D eigenvalue weighted by Crippen LogP contribution is -2.63. The van der Waals surface area contributed by atoms with Gasteiger partial charge in [-0.25, -0.2) is 4.79 Å². The van der Waals surface area contributed by atoms with E-state index in [1.165, 1.54) is 44.9 Å². The number of ether oxygens (including phenoxy) is 1. The molecule has 48 heavy (non-hydrogen) atoms. The van der Waals surface area contributed by atoms with Crippen molar-refractivity contribution in [1.29, 1.82) is 0 Å². The average molecular weight is 710 g/mol. The third-order valence-electron chi connectivity index (χ3n) is 11.4. The first-order valence-electron chi connectivity index (χ1n) is 20.3. The van der Waals surface area contributed by atoms with Crippen molar-refractivity contribution in [3.05, 3.63) is 12.2 Å². The van der Waals surface area contributed by atoms with Gasteiger partial charge in [0, 0.05) is 6.04 Å². The van der Waals surface area contributed by atoms with Gasteiger partial charge < -0.3 is 13.6 Å². The number of rotatable bonds is 21. The van der Waals surface area contributed by atoms with Crippen molar-refractivity contribution < 1.29 is 18.4 Å². The topological polar surface area (TPSA) is 48.0 Å². The zero-order valence-corrected chi connectivity index (χ0v) is 36.9. The molecular weight excluding hydrogens is 627 g/mol. The molecule has 0 unspecified atom stereocenters. The Morgan fingerprint density at radius 3 is 1.65 bits per heavy atom. The summed E-state index contributed by atoms with van der Waals surface area (Å²) < 4.78 is 21.2. The fraction of sp³-hybridized carbons (Fsp3) is 0.927. The van der Waals surface area contributed by atoms with E-state index in [-0.39, 0.29) is 24.3 Å². The summed E-state index contributed by atoms with van der Waals surface area (Å²) in [6.45, 7) is 37.0. The Morgan fingerprint density at radius 2 is 1.19 bits per heavy atom. The minimum absolute atomic E-state index is 0.0671. The molecule has 0 aromatic carbocycles. The van der Waals surface area contributed by atoms with Crippen molar-refractivity contribution >= 4 is 22.7 Å². The molecule has 0 saturated carbocycles. The molecule has 1 aliphatic rings. The lowest BCUT2D eigenvalue weighted by Gasteiger charge is -2.52. The average Bonchev–Trinajstić information content (AvgIpc) is 2.95. The number of unbranched alkanes of at least 4 members (excludes halogenated alkanes) is 7. The van der Waals surface area contributed by atoms with Crippen molar-refractivity contribution in [3.63, 3.8) is 0 Å². The van der Waals surface area contributed by atoms with Crippen LogP contribution in [0.25, 0.3) is 0 Å². The standard InChI is InChI=1S/C41H83NO4Si2/c1-17-18-19-20-21-22-23-24-25-26-27-37-28-29-39(46-48(34(8)9,35(10)11)36(12)13)38(42(37)40(43)45-41(14,15)16)30-44-47(31(2)3,32(4)5)33(6)7/h25-26,31-39H,17-24,27-30H2,1-16H3/b26-25+/t37-,38+,39-/m1/s1. The molecule has 0 aromatic heterocycles. The smallest absolute Gasteiger partial charge is 0.410 e. The summed E-state index contributed by atoms with van der Waals surface area (Å²) in [6, 6.07) is -0.110. The van der Waals surface area contributed by atoms with E-state index in [2.05, 4.69) is 107 Å². The quantitative estimate of drug-likeness (QED) is 0.0676. The van der Waals surface area contributed by atoms with Gasteiger partial charge in [-0.3, -0.25) is 4.90 Å². The summed E-state index contributed by atoms with van der Waals surface area (Å²) in [7, 11) is -4.41. The number of hydrogen-bond acceptors (Lipinski definition) is 4. The van der Waals surface area contributed by atoms with Crippen molar-refractivity contribution in [1.82, 2.24) is 4.90 Å². The van der Waals surface area contributed by atoms with Gasteiger partial charge in [-0.2, -0.15) is 0 Å². The third-order valence-corrected chi connectivity index (χ3v) is 23.6. The third kappa shape index (κ3) is 12.5. The van der Waals surface area contributed by atoms with Crippen molar-refractivity contribution in [3.8, 4) is 0 Å². The number of carbonyl (C=O) groups is 1. The van der Waals surface area contributed by atoms with Crippen molar-refractivity contribution in [2.24, 2.45) is 0 Å². The molecule has 0 aliphatic carbocycles. The molecule has 1 rings (SSSR count). The van der Waals surface area contributed by atoms with E-state index in [9.17, 15) is 4.79 Å². The highest BCUT2D eigenvalue weighted by Gasteiger charge is 2.52. The van der Waals surface area contributed by atoms with Gasteiger partial charge in [0.25, 0.3) is 0 Å². The lowest BCUT2D eigenvalue weighted by atomic mass is 9.91. The molecule has 3 atom stereocenters. The molecule has 0 N–H and O–H groups in total. The SMILES string of the molecule is CCCCCCCCC/C=C/C[C@@H]1CC[C@@H](O[Si](C(C)C)(C(C)C)C(C)C)[C@H](CO[Si](C(C)C)(C(C)C)C(C)C)N1C(=O)OC(C)(C)C. The van der Waals surface area contributed by atoms with E-state index in [4.69, 9.17) is 13.6 Å². The predicted octanol–water partition coefficient (Wildman–Crippen LogP) is 13.6. The van der Waals surface area contributed by atoms with Crippen LogP contribution in [0.5, 0.6) is 0 Å². The Morgan fingerprint density at radius 1 is 0.708 bits per heavy atom. The van der Waals surface area contributed by atoms with Crippen LogP contribution in [0.15, 0.2) is 12.2 Å². The first-order chi connectivity index (χ1) is 22.3. The maximum atomic E-state index is 14.3. The molecule has 0 aromatic rings. The Bertz CT molecular complexity index is 880. The van der Waals surface area contributed by atoms with Crippen LogP contribution in [0.4, 0.5) is 4.79 Å². The Hall–Kier alpha value is -0.636. The van der Waals surface area contributed by atoms with E-state index >= 15 is 0 Å². The van der Waals surface area contributed by atoms with Gasteiger partial charge in [0.15, 0.2) is 8.32 Å². The van der Waals surface area contributed by atoms with E-state index in [1.54, 1.807) is 0 Å². The fourth-order valence-electron chi connectivity index (χ4n) is 9.28. The largest absolute Gasteiger partial charge is 0.444 e. The van der Waals surface area contributed by atoms with E-state index in [1.807, 2.05) is 20.8 Å². The van der Waals surface area contributed by atoms with Crippen LogP contribution < -0.4 is 0 Å². The lowest BCUT2D eigenvalue weighted by molar-refractivity contribution is -0.0526. The summed E-state index contributed by atoms with van der Waals surface area (Å²) in [5.74, 6) is 0. The highest BCUT2D eigenvalue weighted by atomic mass is 28.4. The van der Waals surface area contributed by atoms with Gasteiger partial charge in [-0.05, 0) is 86.1 Å². The first kappa shape index (κ1) is 45.4. The number of hydrogen-bond donors (Lipinski definition) is 0. The normalized spacial score (nSPS) is 20.1.